The molecule has 0 aliphatic carbocycles. The lowest BCUT2D eigenvalue weighted by molar-refractivity contribution is -0.134. The SMILES string of the molecule is COc1cc(C)ccc1OCC(=O)N(C)C(C)c1ccco1. The minimum absolute atomic E-state index is 0.0546. The van der Waals surface area contributed by atoms with Crippen molar-refractivity contribution in [3.63, 3.8) is 0 Å². The van der Waals surface area contributed by atoms with Crippen LogP contribution in [0, 0.1) is 6.92 Å². The topological polar surface area (TPSA) is 51.9 Å². The molecule has 1 atom stereocenters. The molecule has 22 heavy (non-hydrogen) atoms. The van der Waals surface area contributed by atoms with Gasteiger partial charge in [-0.1, -0.05) is 6.07 Å². The van der Waals surface area contributed by atoms with Crippen molar-refractivity contribution in [2.75, 3.05) is 20.8 Å². The molecule has 1 aromatic heterocycles. The largest absolute Gasteiger partial charge is 0.493 e. The number of aryl methyl sites for hydroxylation is 1. The average molecular weight is 303 g/mol. The number of benzene rings is 1. The number of hydrogen-bond donors (Lipinski definition) is 0. The zero-order valence-electron chi connectivity index (χ0n) is 13.3. The molecule has 0 bridgehead atoms. The van der Waals surface area contributed by atoms with Crippen molar-refractivity contribution < 1.29 is 18.7 Å². The average Bonchev–Trinajstić information content (AvgIpc) is 3.06. The van der Waals surface area contributed by atoms with E-state index in [4.69, 9.17) is 13.9 Å². The molecule has 0 N–H and O–H groups in total. The summed E-state index contributed by atoms with van der Waals surface area (Å²) in [5.41, 5.74) is 1.07. The third kappa shape index (κ3) is 3.61. The summed E-state index contributed by atoms with van der Waals surface area (Å²) in [5.74, 6) is 1.78. The first-order chi connectivity index (χ1) is 10.5. The fourth-order valence-corrected chi connectivity index (χ4v) is 2.07. The Kier molecular flexibility index (Phi) is 5.09. The fourth-order valence-electron chi connectivity index (χ4n) is 2.07. The van der Waals surface area contributed by atoms with Gasteiger partial charge in [-0.2, -0.15) is 0 Å². The second-order valence-corrected chi connectivity index (χ2v) is 5.14. The first-order valence-electron chi connectivity index (χ1n) is 7.09. The summed E-state index contributed by atoms with van der Waals surface area (Å²) in [4.78, 5) is 13.8. The summed E-state index contributed by atoms with van der Waals surface area (Å²) < 4.78 is 16.2. The zero-order chi connectivity index (χ0) is 16.1. The van der Waals surface area contributed by atoms with Crippen LogP contribution in [0.5, 0.6) is 11.5 Å². The fraction of sp³-hybridized carbons (Fsp3) is 0.353. The van der Waals surface area contributed by atoms with E-state index in [9.17, 15) is 4.79 Å². The number of furan rings is 1. The normalized spacial score (nSPS) is 11.8. The summed E-state index contributed by atoms with van der Waals surface area (Å²) in [6.45, 7) is 3.82. The van der Waals surface area contributed by atoms with Crippen LogP contribution in [0.1, 0.15) is 24.3 Å². The minimum atomic E-state index is -0.147. The van der Waals surface area contributed by atoms with E-state index >= 15 is 0 Å². The highest BCUT2D eigenvalue weighted by Gasteiger charge is 2.20. The van der Waals surface area contributed by atoms with Crippen molar-refractivity contribution in [1.29, 1.82) is 0 Å². The maximum absolute atomic E-state index is 12.2. The summed E-state index contributed by atoms with van der Waals surface area (Å²) in [6.07, 6.45) is 1.60. The second-order valence-electron chi connectivity index (χ2n) is 5.14. The Bertz CT molecular complexity index is 622. The van der Waals surface area contributed by atoms with Crippen molar-refractivity contribution in [3.05, 3.63) is 47.9 Å². The number of ether oxygens (including phenoxy) is 2. The molecule has 0 saturated carbocycles. The van der Waals surface area contributed by atoms with Crippen LogP contribution >= 0.6 is 0 Å². The Morgan fingerprint density at radius 3 is 2.73 bits per heavy atom. The summed E-state index contributed by atoms with van der Waals surface area (Å²) >= 11 is 0. The van der Waals surface area contributed by atoms with Crippen molar-refractivity contribution in [1.82, 2.24) is 4.90 Å². The first kappa shape index (κ1) is 15.9. The smallest absolute Gasteiger partial charge is 0.260 e. The molecule has 2 aromatic rings. The van der Waals surface area contributed by atoms with Crippen LogP contribution in [0.25, 0.3) is 0 Å². The molecule has 1 amide bonds. The number of carbonyl (C=O) groups excluding carboxylic acids is 1. The Morgan fingerprint density at radius 2 is 2.09 bits per heavy atom. The molecular formula is C17H21NO4. The maximum atomic E-state index is 12.2. The van der Waals surface area contributed by atoms with Gasteiger partial charge in [0.15, 0.2) is 18.1 Å². The van der Waals surface area contributed by atoms with Gasteiger partial charge in [0.25, 0.3) is 5.91 Å². The van der Waals surface area contributed by atoms with Gasteiger partial charge in [0.2, 0.25) is 0 Å². The van der Waals surface area contributed by atoms with Crippen LogP contribution in [0.3, 0.4) is 0 Å². The van der Waals surface area contributed by atoms with Gasteiger partial charge in [-0.25, -0.2) is 0 Å². The molecule has 5 heteroatoms. The molecule has 0 aliphatic rings. The van der Waals surface area contributed by atoms with Gasteiger partial charge in [-0.15, -0.1) is 0 Å². The van der Waals surface area contributed by atoms with E-state index in [1.165, 1.54) is 0 Å². The molecular weight excluding hydrogens is 282 g/mol. The highest BCUT2D eigenvalue weighted by atomic mass is 16.5. The van der Waals surface area contributed by atoms with Crippen molar-refractivity contribution in [3.8, 4) is 11.5 Å². The van der Waals surface area contributed by atoms with E-state index in [1.54, 1.807) is 37.5 Å². The van der Waals surface area contributed by atoms with E-state index in [2.05, 4.69) is 0 Å². The highest BCUT2D eigenvalue weighted by Crippen LogP contribution is 2.28. The van der Waals surface area contributed by atoms with Crippen LogP contribution in [-0.2, 0) is 4.79 Å². The molecule has 0 fully saturated rings. The molecule has 0 radical (unpaired) electrons. The van der Waals surface area contributed by atoms with Crippen LogP contribution in [0.2, 0.25) is 0 Å². The summed E-state index contributed by atoms with van der Waals surface area (Å²) in [6, 6.07) is 9.09. The van der Waals surface area contributed by atoms with Crippen LogP contribution in [0.15, 0.2) is 41.0 Å². The lowest BCUT2D eigenvalue weighted by Gasteiger charge is -2.23. The first-order valence-corrected chi connectivity index (χ1v) is 7.09. The van der Waals surface area contributed by atoms with Crippen molar-refractivity contribution in [2.45, 2.75) is 19.9 Å². The monoisotopic (exact) mass is 303 g/mol. The van der Waals surface area contributed by atoms with Gasteiger partial charge in [-0.3, -0.25) is 4.79 Å². The molecule has 0 aliphatic heterocycles. The minimum Gasteiger partial charge on any atom is -0.493 e. The van der Waals surface area contributed by atoms with Crippen molar-refractivity contribution >= 4 is 5.91 Å². The van der Waals surface area contributed by atoms with Gasteiger partial charge in [-0.05, 0) is 43.7 Å². The Balaban J connectivity index is 1.98. The predicted molar refractivity (Wildman–Crippen MR) is 83.1 cm³/mol. The lowest BCUT2D eigenvalue weighted by atomic mass is 10.2. The second kappa shape index (κ2) is 7.02. The maximum Gasteiger partial charge on any atom is 0.260 e. The predicted octanol–water partition coefficient (Wildman–Crippen LogP) is 3.20. The van der Waals surface area contributed by atoms with E-state index in [1.807, 2.05) is 32.0 Å². The molecule has 0 saturated heterocycles. The van der Waals surface area contributed by atoms with E-state index in [0.717, 1.165) is 11.3 Å². The van der Waals surface area contributed by atoms with Crippen molar-refractivity contribution in [2.24, 2.45) is 0 Å². The van der Waals surface area contributed by atoms with E-state index in [-0.39, 0.29) is 18.6 Å². The number of amides is 1. The Hall–Kier alpha value is -2.43. The molecule has 2 rings (SSSR count). The summed E-state index contributed by atoms with van der Waals surface area (Å²) in [7, 11) is 3.31. The Morgan fingerprint density at radius 1 is 1.32 bits per heavy atom. The molecule has 118 valence electrons. The molecule has 0 spiro atoms. The number of methoxy groups -OCH3 is 1. The molecule has 5 nitrogen and oxygen atoms in total. The number of rotatable bonds is 6. The third-order valence-corrected chi connectivity index (χ3v) is 3.60. The Labute approximate surface area is 130 Å². The summed E-state index contributed by atoms with van der Waals surface area (Å²) in [5, 5.41) is 0. The van der Waals surface area contributed by atoms with Gasteiger partial charge >= 0.3 is 0 Å². The molecule has 1 aromatic carbocycles. The van der Waals surface area contributed by atoms with E-state index < -0.39 is 0 Å². The van der Waals surface area contributed by atoms with Crippen LogP contribution in [0.4, 0.5) is 0 Å². The van der Waals surface area contributed by atoms with Gasteiger partial charge in [0.1, 0.15) is 5.76 Å². The van der Waals surface area contributed by atoms with Gasteiger partial charge < -0.3 is 18.8 Å². The number of carbonyl (C=O) groups is 1. The van der Waals surface area contributed by atoms with Gasteiger partial charge in [0, 0.05) is 7.05 Å². The number of hydrogen-bond acceptors (Lipinski definition) is 4. The molecule has 1 unspecified atom stereocenters. The lowest BCUT2D eigenvalue weighted by Crippen LogP contribution is -2.33. The zero-order valence-corrected chi connectivity index (χ0v) is 13.3. The van der Waals surface area contributed by atoms with E-state index in [0.29, 0.717) is 11.5 Å². The van der Waals surface area contributed by atoms with Crippen LogP contribution < -0.4 is 9.47 Å². The number of likely N-dealkylation sites (N-methyl/N-ethyl adjacent to an activating group) is 1. The highest BCUT2D eigenvalue weighted by molar-refractivity contribution is 5.78. The third-order valence-electron chi connectivity index (χ3n) is 3.60. The van der Waals surface area contributed by atoms with Crippen LogP contribution in [-0.4, -0.2) is 31.6 Å². The molecule has 1 heterocycles. The quantitative estimate of drug-likeness (QED) is 0.822. The standard InChI is InChI=1S/C17H21NO4/c1-12-7-8-15(16(10-12)20-4)22-11-17(19)18(3)13(2)14-6-5-9-21-14/h5-10,13H,11H2,1-4H3. The number of nitrogens with zero attached hydrogens (tertiary/aromatic N) is 1. The van der Waals surface area contributed by atoms with Gasteiger partial charge in [0.05, 0.1) is 19.4 Å².